The van der Waals surface area contributed by atoms with Crippen molar-refractivity contribution in [3.8, 4) is 11.3 Å². The van der Waals surface area contributed by atoms with Crippen LogP contribution in [0.15, 0.2) is 42.5 Å². The van der Waals surface area contributed by atoms with Crippen molar-refractivity contribution in [2.45, 2.75) is 56.7 Å². The molecule has 0 radical (unpaired) electrons. The molecule has 1 unspecified atom stereocenters. The van der Waals surface area contributed by atoms with Crippen molar-refractivity contribution in [3.05, 3.63) is 69.9 Å². The summed E-state index contributed by atoms with van der Waals surface area (Å²) < 4.78 is 107. The number of sulfonamides is 1. The molecule has 1 fully saturated rings. The molecule has 8 nitrogen and oxygen atoms in total. The zero-order valence-electron chi connectivity index (χ0n) is 24.6. The largest absolute Gasteiger partial charge is 0.416 e. The molecule has 248 valence electrons. The summed E-state index contributed by atoms with van der Waals surface area (Å²) in [7, 11) is -3.52. The molecule has 2 aromatic carbocycles. The fourth-order valence-corrected chi connectivity index (χ4v) is 8.07. The molecule has 1 atom stereocenters. The molecule has 16 heteroatoms. The lowest BCUT2D eigenvalue weighted by molar-refractivity contribution is -0.138. The normalized spacial score (nSPS) is 18.3. The van der Waals surface area contributed by atoms with Crippen LogP contribution in [0.1, 0.15) is 46.2 Å². The lowest BCUT2D eigenvalue weighted by Crippen LogP contribution is -2.40. The summed E-state index contributed by atoms with van der Waals surface area (Å²) in [5, 5.41) is 16.5. The van der Waals surface area contributed by atoms with Gasteiger partial charge in [-0.3, -0.25) is 4.68 Å². The Morgan fingerprint density at radius 1 is 0.957 bits per heavy atom. The van der Waals surface area contributed by atoms with Gasteiger partial charge < -0.3 is 10.0 Å². The third-order valence-electron chi connectivity index (χ3n) is 8.57. The van der Waals surface area contributed by atoms with Crippen molar-refractivity contribution >= 4 is 31.6 Å². The third kappa shape index (κ3) is 6.95. The van der Waals surface area contributed by atoms with Crippen molar-refractivity contribution in [1.82, 2.24) is 24.0 Å². The molecule has 1 saturated heterocycles. The van der Waals surface area contributed by atoms with E-state index in [0.717, 1.165) is 54.1 Å². The van der Waals surface area contributed by atoms with Gasteiger partial charge in [-0.1, -0.05) is 12.1 Å². The maximum absolute atomic E-state index is 13.2. The zero-order valence-corrected chi connectivity index (χ0v) is 26.3. The van der Waals surface area contributed by atoms with Crippen molar-refractivity contribution in [2.24, 2.45) is 0 Å². The van der Waals surface area contributed by atoms with E-state index in [1.165, 1.54) is 33.8 Å². The van der Waals surface area contributed by atoms with Crippen molar-refractivity contribution in [3.63, 3.8) is 0 Å². The zero-order chi connectivity index (χ0) is 33.0. The van der Waals surface area contributed by atoms with Crippen LogP contribution in [0, 0.1) is 0 Å². The van der Waals surface area contributed by atoms with Crippen LogP contribution in [0.5, 0.6) is 0 Å². The minimum Gasteiger partial charge on any atom is -0.390 e. The highest BCUT2D eigenvalue weighted by atomic mass is 32.2. The molecule has 2 aromatic heterocycles. The van der Waals surface area contributed by atoms with Gasteiger partial charge in [0.2, 0.25) is 10.0 Å². The second-order valence-corrected chi connectivity index (χ2v) is 14.9. The fourth-order valence-electron chi connectivity index (χ4n) is 6.16. The third-order valence-corrected chi connectivity index (χ3v) is 11.0. The van der Waals surface area contributed by atoms with Gasteiger partial charge in [0, 0.05) is 48.8 Å². The van der Waals surface area contributed by atoms with Gasteiger partial charge in [-0.05, 0) is 56.3 Å². The van der Waals surface area contributed by atoms with E-state index in [-0.39, 0.29) is 25.6 Å². The van der Waals surface area contributed by atoms with Gasteiger partial charge in [-0.2, -0.15) is 35.7 Å². The number of alkyl halides is 6. The Balaban J connectivity index is 1.14. The van der Waals surface area contributed by atoms with E-state index in [2.05, 4.69) is 15.0 Å². The van der Waals surface area contributed by atoms with Gasteiger partial charge in [0.1, 0.15) is 0 Å². The fraction of sp³-hybridized carbons (Fsp3) is 0.467. The standard InChI is InChI=1S/C30H31F6N5O3S2/c1-46(43,44)40-13-10-25-23(17-40)27(18-2-4-20(5-3-18)29(31,32)33)38-41(25)16-22(42)15-39-11-8-19(9-12-39)28-37-24-14-21(30(34,35)36)6-7-26(24)45-28/h2-7,14,19,22,42H,8-13,15-17H2,1H3. The molecule has 0 spiro atoms. The molecule has 0 aliphatic carbocycles. The smallest absolute Gasteiger partial charge is 0.390 e. The number of nitrogens with zero attached hydrogens (tertiary/aromatic N) is 5. The quantitative estimate of drug-likeness (QED) is 0.249. The Bertz CT molecular complexity index is 1830. The number of aliphatic hydroxyl groups excluding tert-OH is 1. The van der Waals surface area contributed by atoms with Crippen LogP contribution in [0.3, 0.4) is 0 Å². The van der Waals surface area contributed by atoms with E-state index >= 15 is 0 Å². The monoisotopic (exact) mass is 687 g/mol. The number of rotatable bonds is 7. The first-order valence-electron chi connectivity index (χ1n) is 14.7. The minimum atomic E-state index is -4.50. The van der Waals surface area contributed by atoms with Crippen LogP contribution in [0.2, 0.25) is 0 Å². The lowest BCUT2D eigenvalue weighted by atomic mass is 9.97. The molecule has 6 rings (SSSR count). The summed E-state index contributed by atoms with van der Waals surface area (Å²) in [6.07, 6.45) is -6.87. The van der Waals surface area contributed by atoms with Crippen LogP contribution >= 0.6 is 11.3 Å². The summed E-state index contributed by atoms with van der Waals surface area (Å²) in [5.74, 6) is 0.0994. The van der Waals surface area contributed by atoms with Gasteiger partial charge in [-0.15, -0.1) is 11.3 Å². The number of halogens is 6. The average Bonchev–Trinajstić information content (AvgIpc) is 3.57. The Morgan fingerprint density at radius 2 is 1.61 bits per heavy atom. The molecule has 0 saturated carbocycles. The first kappa shape index (κ1) is 32.9. The van der Waals surface area contributed by atoms with E-state index in [9.17, 15) is 39.9 Å². The molecule has 1 N–H and O–H groups in total. The van der Waals surface area contributed by atoms with E-state index in [1.54, 1.807) is 4.68 Å². The SMILES string of the molecule is CS(=O)(=O)N1CCc2c(c(-c3ccc(C(F)(F)F)cc3)nn2CC(O)CN2CCC(c3nc4cc(C(F)(F)F)ccc4s3)CC2)C1. The van der Waals surface area contributed by atoms with E-state index in [0.29, 0.717) is 53.1 Å². The molecule has 2 aliphatic rings. The number of aromatic nitrogens is 3. The minimum absolute atomic E-state index is 0.0252. The molecule has 0 amide bonds. The summed E-state index contributed by atoms with van der Waals surface area (Å²) in [5.41, 5.74) is 0.937. The predicted octanol–water partition coefficient (Wildman–Crippen LogP) is 5.76. The number of hydrogen-bond donors (Lipinski definition) is 1. The molecule has 0 bridgehead atoms. The highest BCUT2D eigenvalue weighted by Crippen LogP contribution is 2.38. The molecule has 2 aliphatic heterocycles. The van der Waals surface area contributed by atoms with Crippen LogP contribution in [0.25, 0.3) is 21.5 Å². The van der Waals surface area contributed by atoms with Crippen molar-refractivity contribution in [1.29, 1.82) is 0 Å². The average molecular weight is 688 g/mol. The first-order chi connectivity index (χ1) is 21.6. The molecular weight excluding hydrogens is 656 g/mol. The molecule has 46 heavy (non-hydrogen) atoms. The molecule has 4 heterocycles. The number of likely N-dealkylation sites (tertiary alicyclic amines) is 1. The summed E-state index contributed by atoms with van der Waals surface area (Å²) in [6.45, 7) is 2.00. The number of thiazole rings is 1. The highest BCUT2D eigenvalue weighted by molar-refractivity contribution is 7.88. The topological polar surface area (TPSA) is 91.6 Å². The highest BCUT2D eigenvalue weighted by Gasteiger charge is 2.34. The Morgan fingerprint density at radius 3 is 2.24 bits per heavy atom. The van der Waals surface area contributed by atoms with Crippen molar-refractivity contribution in [2.75, 3.05) is 32.4 Å². The maximum atomic E-state index is 13.2. The van der Waals surface area contributed by atoms with Gasteiger partial charge in [0.25, 0.3) is 0 Å². The Labute approximate surface area is 265 Å². The predicted molar refractivity (Wildman–Crippen MR) is 161 cm³/mol. The number of benzene rings is 2. The van der Waals surface area contributed by atoms with Crippen molar-refractivity contribution < 1.29 is 39.9 Å². The number of hydrogen-bond acceptors (Lipinski definition) is 7. The van der Waals surface area contributed by atoms with Gasteiger partial charge in [0.05, 0.1) is 50.9 Å². The van der Waals surface area contributed by atoms with Crippen LogP contribution < -0.4 is 0 Å². The summed E-state index contributed by atoms with van der Waals surface area (Å²) >= 11 is 1.40. The van der Waals surface area contributed by atoms with Gasteiger partial charge in [0.15, 0.2) is 0 Å². The number of aliphatic hydroxyl groups is 1. The molecule has 4 aromatic rings. The van der Waals surface area contributed by atoms with E-state index in [4.69, 9.17) is 0 Å². The number of β-amino-alcohol motifs (C(OH)–C–C–N with tert-alkyl or cyclic N) is 1. The summed E-state index contributed by atoms with van der Waals surface area (Å²) in [4.78, 5) is 6.61. The second-order valence-electron chi connectivity index (χ2n) is 11.8. The van der Waals surface area contributed by atoms with Gasteiger partial charge in [-0.25, -0.2) is 13.4 Å². The number of fused-ring (bicyclic) bond motifs is 2. The Kier molecular flexibility index (Phi) is 8.72. The van der Waals surface area contributed by atoms with E-state index in [1.807, 2.05) is 0 Å². The van der Waals surface area contributed by atoms with E-state index < -0.39 is 39.6 Å². The van der Waals surface area contributed by atoms with Crippen LogP contribution in [-0.4, -0.2) is 76.0 Å². The summed E-state index contributed by atoms with van der Waals surface area (Å²) in [6, 6.07) is 8.16. The second kappa shape index (κ2) is 12.2. The van der Waals surface area contributed by atoms with Crippen LogP contribution in [0.4, 0.5) is 26.3 Å². The lowest BCUT2D eigenvalue weighted by Gasteiger charge is -2.32. The van der Waals surface area contributed by atoms with Crippen LogP contribution in [-0.2, 0) is 41.9 Å². The number of piperidine rings is 1. The maximum Gasteiger partial charge on any atom is 0.416 e. The molecular formula is C30H31F6N5O3S2. The Hall–Kier alpha value is -3.05. The first-order valence-corrected chi connectivity index (χ1v) is 17.3. The van der Waals surface area contributed by atoms with Gasteiger partial charge >= 0.3 is 12.4 Å².